The van der Waals surface area contributed by atoms with Crippen molar-refractivity contribution in [2.75, 3.05) is 19.6 Å². The van der Waals surface area contributed by atoms with Crippen molar-refractivity contribution in [2.24, 2.45) is 11.1 Å². The maximum atomic E-state index is 11.9. The molecule has 0 saturated carbocycles. The van der Waals surface area contributed by atoms with Gasteiger partial charge in [-0.15, -0.1) is 0 Å². The summed E-state index contributed by atoms with van der Waals surface area (Å²) < 4.78 is 0. The Kier molecular flexibility index (Phi) is 11.6. The normalized spacial score (nSPS) is 12.9. The highest BCUT2D eigenvalue weighted by Gasteiger charge is 2.27. The summed E-state index contributed by atoms with van der Waals surface area (Å²) in [6, 6.07) is -0.350. The molecule has 2 N–H and O–H groups in total. The van der Waals surface area contributed by atoms with E-state index >= 15 is 0 Å². The van der Waals surface area contributed by atoms with Crippen LogP contribution in [0, 0.1) is 5.41 Å². The van der Waals surface area contributed by atoms with Gasteiger partial charge in [0.2, 0.25) is 0 Å². The highest BCUT2D eigenvalue weighted by molar-refractivity contribution is 5.88. The quantitative estimate of drug-likeness (QED) is 0.763. The van der Waals surface area contributed by atoms with Gasteiger partial charge in [-0.3, -0.25) is 4.79 Å². The fraction of sp³-hybridized carbons (Fsp3) is 0.933. The van der Waals surface area contributed by atoms with Gasteiger partial charge >= 0.3 is 0 Å². The second-order valence-corrected chi connectivity index (χ2v) is 5.47. The number of hydrogen-bond acceptors (Lipinski definition) is 3. The van der Waals surface area contributed by atoms with Crippen LogP contribution < -0.4 is 5.73 Å². The van der Waals surface area contributed by atoms with Crippen LogP contribution in [-0.2, 0) is 4.79 Å². The highest BCUT2D eigenvalue weighted by Crippen LogP contribution is 2.16. The lowest BCUT2D eigenvalue weighted by molar-refractivity contribution is -0.128. The Morgan fingerprint density at radius 1 is 1.22 bits per heavy atom. The van der Waals surface area contributed by atoms with Crippen molar-refractivity contribution in [3.63, 3.8) is 0 Å². The van der Waals surface area contributed by atoms with E-state index in [1.54, 1.807) is 0 Å². The van der Waals surface area contributed by atoms with Crippen LogP contribution in [0.1, 0.15) is 61.3 Å². The van der Waals surface area contributed by atoms with E-state index in [0.29, 0.717) is 6.54 Å². The summed E-state index contributed by atoms with van der Waals surface area (Å²) in [6.45, 7) is 16.8. The number of rotatable bonds is 7. The second-order valence-electron chi connectivity index (χ2n) is 5.47. The van der Waals surface area contributed by atoms with Crippen LogP contribution in [0.3, 0.4) is 0 Å². The molecule has 0 aliphatic heterocycles. The second kappa shape index (κ2) is 10.5. The number of carbonyl (C=O) groups excluding carboxylic acids is 1. The average molecular weight is 258 g/mol. The smallest absolute Gasteiger partial charge is 0.156 e. The number of likely N-dealkylation sites (N-methyl/N-ethyl adjacent to an activating group) is 1. The fourth-order valence-electron chi connectivity index (χ4n) is 1.68. The predicted octanol–water partition coefficient (Wildman–Crippen LogP) is 3.08. The zero-order chi connectivity index (χ0) is 14.8. The van der Waals surface area contributed by atoms with Crippen molar-refractivity contribution in [1.82, 2.24) is 4.90 Å². The number of unbranched alkanes of at least 4 members (excludes halogenated alkanes) is 1. The zero-order valence-corrected chi connectivity index (χ0v) is 13.5. The minimum atomic E-state index is -0.350. The molecule has 0 aliphatic rings. The molecule has 0 aromatic carbocycles. The van der Waals surface area contributed by atoms with Crippen LogP contribution in [0.2, 0.25) is 0 Å². The number of carbonyl (C=O) groups is 1. The summed E-state index contributed by atoms with van der Waals surface area (Å²) in [7, 11) is 0. The first-order chi connectivity index (χ1) is 8.32. The predicted molar refractivity (Wildman–Crippen MR) is 80.8 cm³/mol. The molecule has 3 nitrogen and oxygen atoms in total. The summed E-state index contributed by atoms with van der Waals surface area (Å²) in [5.74, 6) is 0.155. The highest BCUT2D eigenvalue weighted by atomic mass is 16.1. The number of ketones is 1. The summed E-state index contributed by atoms with van der Waals surface area (Å²) in [5.41, 5.74) is 5.63. The molecule has 0 radical (unpaired) electrons. The molecule has 0 aromatic rings. The van der Waals surface area contributed by atoms with Crippen LogP contribution in [0.4, 0.5) is 0 Å². The van der Waals surface area contributed by atoms with Crippen molar-refractivity contribution >= 4 is 5.78 Å². The SMILES string of the molecule is CC.CCCCN(CC)CC(N)C(=O)C(C)(C)C. The summed E-state index contributed by atoms with van der Waals surface area (Å²) in [5, 5.41) is 0. The summed E-state index contributed by atoms with van der Waals surface area (Å²) in [4.78, 5) is 14.2. The largest absolute Gasteiger partial charge is 0.320 e. The first-order valence-corrected chi connectivity index (χ1v) is 7.35. The van der Waals surface area contributed by atoms with E-state index in [0.717, 1.165) is 13.1 Å². The number of hydrogen-bond donors (Lipinski definition) is 1. The topological polar surface area (TPSA) is 46.3 Å². The molecule has 1 unspecified atom stereocenters. The van der Waals surface area contributed by atoms with Crippen LogP contribution in [0.5, 0.6) is 0 Å². The first-order valence-electron chi connectivity index (χ1n) is 7.35. The van der Waals surface area contributed by atoms with Gasteiger partial charge in [-0.05, 0) is 19.5 Å². The Balaban J connectivity index is 0. The lowest BCUT2D eigenvalue weighted by Gasteiger charge is -2.27. The third-order valence-electron chi connectivity index (χ3n) is 2.81. The van der Waals surface area contributed by atoms with Gasteiger partial charge in [-0.1, -0.05) is 54.9 Å². The third-order valence-corrected chi connectivity index (χ3v) is 2.81. The van der Waals surface area contributed by atoms with Crippen LogP contribution in [0.15, 0.2) is 0 Å². The van der Waals surface area contributed by atoms with Gasteiger partial charge in [0, 0.05) is 12.0 Å². The van der Waals surface area contributed by atoms with Crippen molar-refractivity contribution in [1.29, 1.82) is 0 Å². The van der Waals surface area contributed by atoms with Gasteiger partial charge in [0.25, 0.3) is 0 Å². The molecule has 110 valence electrons. The van der Waals surface area contributed by atoms with E-state index in [1.807, 2.05) is 34.6 Å². The zero-order valence-electron chi connectivity index (χ0n) is 13.5. The standard InChI is InChI=1S/C13H28N2O.C2H6/c1-6-8-9-15(7-2)10-11(14)12(16)13(3,4)5;1-2/h11H,6-10,14H2,1-5H3;1-2H3. The van der Waals surface area contributed by atoms with E-state index in [9.17, 15) is 4.79 Å². The first kappa shape index (κ1) is 19.9. The Hall–Kier alpha value is -0.410. The molecule has 0 heterocycles. The van der Waals surface area contributed by atoms with E-state index in [-0.39, 0.29) is 17.2 Å². The monoisotopic (exact) mass is 258 g/mol. The average Bonchev–Trinajstić information content (AvgIpc) is 2.34. The molecule has 0 spiro atoms. The number of nitrogens with zero attached hydrogens (tertiary/aromatic N) is 1. The van der Waals surface area contributed by atoms with Gasteiger partial charge < -0.3 is 10.6 Å². The number of Topliss-reactive ketones (excluding diaryl/α,β-unsaturated/α-hetero) is 1. The minimum Gasteiger partial charge on any atom is -0.320 e. The lowest BCUT2D eigenvalue weighted by atomic mass is 9.86. The third kappa shape index (κ3) is 8.65. The van der Waals surface area contributed by atoms with Crippen LogP contribution >= 0.6 is 0 Å². The van der Waals surface area contributed by atoms with Gasteiger partial charge in [0.1, 0.15) is 0 Å². The Bertz CT molecular complexity index is 209. The number of nitrogens with two attached hydrogens (primary N) is 1. The Morgan fingerprint density at radius 2 is 1.72 bits per heavy atom. The van der Waals surface area contributed by atoms with Gasteiger partial charge in [-0.2, -0.15) is 0 Å². The van der Waals surface area contributed by atoms with E-state index in [1.165, 1.54) is 12.8 Å². The van der Waals surface area contributed by atoms with E-state index in [2.05, 4.69) is 18.7 Å². The van der Waals surface area contributed by atoms with Crippen LogP contribution in [-0.4, -0.2) is 36.4 Å². The molecule has 18 heavy (non-hydrogen) atoms. The van der Waals surface area contributed by atoms with Gasteiger partial charge in [-0.25, -0.2) is 0 Å². The molecular weight excluding hydrogens is 224 g/mol. The Labute approximate surface area is 114 Å². The molecule has 0 fully saturated rings. The molecule has 0 amide bonds. The molecule has 0 rings (SSSR count). The van der Waals surface area contributed by atoms with Gasteiger partial charge in [0.15, 0.2) is 5.78 Å². The summed E-state index contributed by atoms with van der Waals surface area (Å²) in [6.07, 6.45) is 2.35. The molecule has 1 atom stereocenters. The van der Waals surface area contributed by atoms with Gasteiger partial charge in [0.05, 0.1) is 6.04 Å². The molecule has 0 aliphatic carbocycles. The van der Waals surface area contributed by atoms with E-state index in [4.69, 9.17) is 5.73 Å². The maximum Gasteiger partial charge on any atom is 0.156 e. The van der Waals surface area contributed by atoms with Crippen molar-refractivity contribution in [2.45, 2.75) is 67.3 Å². The maximum absolute atomic E-state index is 11.9. The van der Waals surface area contributed by atoms with Crippen molar-refractivity contribution in [3.05, 3.63) is 0 Å². The summed E-state index contributed by atoms with van der Waals surface area (Å²) >= 11 is 0. The van der Waals surface area contributed by atoms with E-state index < -0.39 is 0 Å². The van der Waals surface area contributed by atoms with Crippen molar-refractivity contribution < 1.29 is 4.79 Å². The Morgan fingerprint density at radius 3 is 2.06 bits per heavy atom. The molecule has 0 saturated heterocycles. The van der Waals surface area contributed by atoms with Crippen LogP contribution in [0.25, 0.3) is 0 Å². The lowest BCUT2D eigenvalue weighted by Crippen LogP contribution is -2.47. The molecule has 3 heteroatoms. The molecule has 0 aromatic heterocycles. The molecule has 0 bridgehead atoms. The van der Waals surface area contributed by atoms with Crippen molar-refractivity contribution in [3.8, 4) is 0 Å². The minimum absolute atomic E-state index is 0.155. The fourth-order valence-corrected chi connectivity index (χ4v) is 1.68. The molecular formula is C15H34N2O.